The summed E-state index contributed by atoms with van der Waals surface area (Å²) in [5.74, 6) is -0.686. The Hall–Kier alpha value is -2.48. The van der Waals surface area contributed by atoms with Crippen LogP contribution in [0.2, 0.25) is 0 Å². The van der Waals surface area contributed by atoms with Gasteiger partial charge in [0.15, 0.2) is 18.9 Å². The van der Waals surface area contributed by atoms with Crippen LogP contribution in [0.15, 0.2) is 21.9 Å². The Morgan fingerprint density at radius 1 is 0.880 bits per heavy atom. The highest BCUT2D eigenvalue weighted by Crippen LogP contribution is 2.37. The molecule has 1 amide bonds. The monoisotopic (exact) mass is 730 g/mol. The molecule has 1 aromatic rings. The van der Waals surface area contributed by atoms with E-state index in [0.717, 1.165) is 42.7 Å². The Labute approximate surface area is 297 Å². The number of nitrogens with zero attached hydrogens (tertiary/aromatic N) is 1. The standard InChI is InChI=1S/C35H60N3O11P/c1-2-3-4-5-6-7-8-9-10-11-12-13-14-15-18-21-31(42)47-27-30(41)36-23-19-16-17-20-25-46-33-32(49-50(44)45)28(26-39)48-34(33)38-24-22-29(40)37-35(38)43/h22,24,28,32-34,39H,2-21,23,25-27H2,1H3,(H2-,36,37,40,41,43,44,45)/p+1/t28-,32+,33?,34-/m1/s1. The van der Waals surface area contributed by atoms with Gasteiger partial charge in [0.2, 0.25) is 0 Å². The molecule has 0 bridgehead atoms. The summed E-state index contributed by atoms with van der Waals surface area (Å²) < 4.78 is 34.3. The average Bonchev–Trinajstić information content (AvgIpc) is 3.42. The number of esters is 1. The second kappa shape index (κ2) is 27.2. The molecule has 1 fully saturated rings. The van der Waals surface area contributed by atoms with Crippen molar-refractivity contribution in [2.45, 2.75) is 160 Å². The molecule has 1 aromatic heterocycles. The van der Waals surface area contributed by atoms with Crippen LogP contribution in [0.3, 0.4) is 0 Å². The predicted molar refractivity (Wildman–Crippen MR) is 189 cm³/mol. The second-order valence-corrected chi connectivity index (χ2v) is 13.7. The molecule has 1 saturated heterocycles. The van der Waals surface area contributed by atoms with Gasteiger partial charge < -0.3 is 24.6 Å². The van der Waals surface area contributed by atoms with Gasteiger partial charge in [-0.15, -0.1) is 9.42 Å². The van der Waals surface area contributed by atoms with Crippen LogP contribution in [0, 0.1) is 0 Å². The third-order valence-electron chi connectivity index (χ3n) is 8.85. The highest BCUT2D eigenvalue weighted by molar-refractivity contribution is 7.32. The summed E-state index contributed by atoms with van der Waals surface area (Å²) >= 11 is 0. The van der Waals surface area contributed by atoms with Crippen molar-refractivity contribution in [3.8, 4) is 0 Å². The van der Waals surface area contributed by atoms with E-state index in [1.54, 1.807) is 0 Å². The lowest BCUT2D eigenvalue weighted by atomic mass is 10.0. The lowest BCUT2D eigenvalue weighted by Gasteiger charge is -2.22. The Kier molecular flexibility index (Phi) is 23.8. The number of aromatic amines is 1. The quantitative estimate of drug-likeness (QED) is 0.0454. The van der Waals surface area contributed by atoms with E-state index < -0.39 is 50.7 Å². The van der Waals surface area contributed by atoms with Crippen molar-refractivity contribution in [1.29, 1.82) is 0 Å². The van der Waals surface area contributed by atoms with E-state index in [1.165, 1.54) is 83.2 Å². The Morgan fingerprint density at radius 3 is 2.04 bits per heavy atom. The molecule has 0 radical (unpaired) electrons. The van der Waals surface area contributed by atoms with Gasteiger partial charge >= 0.3 is 19.9 Å². The smallest absolute Gasteiger partial charge is 0.456 e. The fraction of sp³-hybridized carbons (Fsp3) is 0.829. The van der Waals surface area contributed by atoms with Crippen molar-refractivity contribution in [3.63, 3.8) is 0 Å². The number of aliphatic hydroxyl groups excluding tert-OH is 1. The SMILES string of the molecule is CCCCCCCCCCCCCCCCCC(=O)OCC(=O)NCCCCCCOC1[C@@H](O[P+](=O)O)[C@@H](CO)O[C@H]1n1ccc(=O)[nH]c1=O. The van der Waals surface area contributed by atoms with E-state index in [-0.39, 0.29) is 25.1 Å². The number of hydrogen-bond donors (Lipinski definition) is 4. The zero-order chi connectivity index (χ0) is 36.4. The zero-order valence-electron chi connectivity index (χ0n) is 29.9. The minimum atomic E-state index is -3.05. The molecule has 1 aliphatic heterocycles. The topological polar surface area (TPSA) is 195 Å². The number of hydrogen-bond acceptors (Lipinski definition) is 10. The number of ether oxygens (including phenoxy) is 3. The third kappa shape index (κ3) is 18.7. The van der Waals surface area contributed by atoms with Crippen LogP contribution in [0.5, 0.6) is 0 Å². The van der Waals surface area contributed by atoms with E-state index in [1.807, 2.05) is 0 Å². The first-order chi connectivity index (χ1) is 24.3. The molecule has 14 nitrogen and oxygen atoms in total. The molecular weight excluding hydrogens is 669 g/mol. The maximum atomic E-state index is 12.3. The van der Waals surface area contributed by atoms with Gasteiger partial charge in [-0.2, -0.15) is 0 Å². The van der Waals surface area contributed by atoms with Gasteiger partial charge in [0.1, 0.15) is 12.2 Å². The summed E-state index contributed by atoms with van der Waals surface area (Å²) in [5.41, 5.74) is -1.37. The predicted octanol–water partition coefficient (Wildman–Crippen LogP) is 5.33. The van der Waals surface area contributed by atoms with Crippen LogP contribution in [-0.2, 0) is 32.9 Å². The highest BCUT2D eigenvalue weighted by Gasteiger charge is 2.51. The van der Waals surface area contributed by atoms with E-state index in [4.69, 9.17) is 18.7 Å². The normalized spacial score (nSPS) is 19.1. The van der Waals surface area contributed by atoms with E-state index in [9.17, 15) is 33.7 Å². The summed E-state index contributed by atoms with van der Waals surface area (Å²) in [7, 11) is -3.05. The van der Waals surface area contributed by atoms with Gasteiger partial charge in [-0.3, -0.25) is 23.9 Å². The molecule has 2 unspecified atom stereocenters. The molecule has 0 saturated carbocycles. The van der Waals surface area contributed by atoms with Crippen molar-refractivity contribution in [3.05, 3.63) is 33.1 Å². The molecule has 0 aromatic carbocycles. The fourth-order valence-electron chi connectivity index (χ4n) is 6.05. The van der Waals surface area contributed by atoms with Gasteiger partial charge in [0.25, 0.3) is 11.5 Å². The summed E-state index contributed by atoms with van der Waals surface area (Å²) in [4.78, 5) is 59.3. The number of carbonyl (C=O) groups excluding carboxylic acids is 2. The number of carbonyl (C=O) groups is 2. The molecule has 1 aliphatic rings. The summed E-state index contributed by atoms with van der Waals surface area (Å²) in [6, 6.07) is 1.13. The van der Waals surface area contributed by atoms with Gasteiger partial charge in [0.05, 0.1) is 6.61 Å². The van der Waals surface area contributed by atoms with Crippen molar-refractivity contribution in [1.82, 2.24) is 14.9 Å². The second-order valence-electron chi connectivity index (χ2n) is 13.0. The van der Waals surface area contributed by atoms with Crippen LogP contribution in [0.4, 0.5) is 0 Å². The first kappa shape index (κ1) is 43.7. The van der Waals surface area contributed by atoms with Gasteiger partial charge in [-0.25, -0.2) is 4.79 Å². The first-order valence-electron chi connectivity index (χ1n) is 18.7. The molecule has 0 spiro atoms. The molecule has 0 aliphatic carbocycles. The molecular formula is C35H61N3O11P+. The van der Waals surface area contributed by atoms with Crippen LogP contribution < -0.4 is 16.6 Å². The number of aromatic nitrogens is 2. The number of amides is 1. The molecule has 50 heavy (non-hydrogen) atoms. The van der Waals surface area contributed by atoms with Crippen LogP contribution in [0.1, 0.15) is 142 Å². The zero-order valence-corrected chi connectivity index (χ0v) is 30.8. The van der Waals surface area contributed by atoms with Gasteiger partial charge in [-0.1, -0.05) is 110 Å². The maximum Gasteiger partial charge on any atom is 0.695 e. The van der Waals surface area contributed by atoms with E-state index >= 15 is 0 Å². The number of nitrogens with one attached hydrogen (secondary N) is 2. The lowest BCUT2D eigenvalue weighted by Crippen LogP contribution is -2.40. The van der Waals surface area contributed by atoms with Crippen LogP contribution in [-0.4, -0.2) is 76.1 Å². The number of rotatable bonds is 30. The van der Waals surface area contributed by atoms with Crippen molar-refractivity contribution >= 4 is 20.1 Å². The minimum absolute atomic E-state index is 0.199. The van der Waals surface area contributed by atoms with E-state index in [2.05, 4.69) is 17.2 Å². The van der Waals surface area contributed by atoms with Gasteiger partial charge in [0, 0.05) is 36.4 Å². The van der Waals surface area contributed by atoms with Crippen LogP contribution >= 0.6 is 8.25 Å². The Morgan fingerprint density at radius 2 is 1.46 bits per heavy atom. The molecule has 4 N–H and O–H groups in total. The minimum Gasteiger partial charge on any atom is -0.456 e. The number of unbranched alkanes of at least 4 members (excludes halogenated alkanes) is 17. The number of H-pyrrole nitrogens is 1. The lowest BCUT2D eigenvalue weighted by molar-refractivity contribution is -0.148. The Balaban J connectivity index is 1.48. The summed E-state index contributed by atoms with van der Waals surface area (Å²) in [6.07, 6.45) is 18.9. The molecule has 2 rings (SSSR count). The van der Waals surface area contributed by atoms with Crippen molar-refractivity contribution in [2.75, 3.05) is 26.4 Å². The molecule has 5 atom stereocenters. The first-order valence-corrected chi connectivity index (χ1v) is 19.8. The fourth-order valence-corrected chi connectivity index (χ4v) is 6.52. The molecule has 286 valence electrons. The summed E-state index contributed by atoms with van der Waals surface area (Å²) in [5, 5.41) is 12.5. The Bertz CT molecular complexity index is 1210. The average molecular weight is 731 g/mol. The highest BCUT2D eigenvalue weighted by atomic mass is 31.1. The van der Waals surface area contributed by atoms with Crippen molar-refractivity contribution in [2.24, 2.45) is 0 Å². The van der Waals surface area contributed by atoms with E-state index in [0.29, 0.717) is 25.8 Å². The largest absolute Gasteiger partial charge is 0.695 e. The summed E-state index contributed by atoms with van der Waals surface area (Å²) in [6.45, 7) is 2.05. The number of aliphatic hydroxyl groups is 1. The molecule has 15 heteroatoms. The maximum absolute atomic E-state index is 12.3. The van der Waals surface area contributed by atoms with Gasteiger partial charge in [-0.05, 0) is 19.3 Å². The van der Waals surface area contributed by atoms with Crippen molar-refractivity contribution < 1.29 is 42.9 Å². The molecule has 2 heterocycles. The van der Waals surface area contributed by atoms with Crippen LogP contribution in [0.25, 0.3) is 0 Å². The third-order valence-corrected chi connectivity index (χ3v) is 9.28.